The predicted molar refractivity (Wildman–Crippen MR) is 98.4 cm³/mol. The zero-order valence-corrected chi connectivity index (χ0v) is 15.2. The monoisotopic (exact) mass is 335 g/mol. The van der Waals surface area contributed by atoms with Gasteiger partial charge in [0.1, 0.15) is 0 Å². The highest BCUT2D eigenvalue weighted by Crippen LogP contribution is 2.27. The van der Waals surface area contributed by atoms with Gasteiger partial charge in [0, 0.05) is 11.6 Å². The van der Waals surface area contributed by atoms with E-state index in [1.165, 1.54) is 0 Å². The molecule has 2 aromatic carbocycles. The molecule has 0 aliphatic heterocycles. The number of rotatable bonds is 6. The van der Waals surface area contributed by atoms with E-state index in [1.807, 2.05) is 34.0 Å². The van der Waals surface area contributed by atoms with Crippen LogP contribution in [-0.4, -0.2) is 20.6 Å². The summed E-state index contributed by atoms with van der Waals surface area (Å²) >= 11 is 6.31. The molecule has 1 N–H and O–H groups in total. The van der Waals surface area contributed by atoms with Gasteiger partial charge in [-0.1, -0.05) is 24.6 Å². The zero-order chi connectivity index (χ0) is 17.4. The van der Waals surface area contributed by atoms with E-state index in [9.17, 15) is 9.59 Å². The normalized spacial score (nSPS) is 11.9. The van der Waals surface area contributed by atoms with Crippen molar-refractivity contribution in [1.82, 2.24) is 4.48 Å². The summed E-state index contributed by atoms with van der Waals surface area (Å²) in [5.74, 6) is 0. The van der Waals surface area contributed by atoms with Crippen LogP contribution in [0.5, 0.6) is 0 Å². The van der Waals surface area contributed by atoms with Crippen molar-refractivity contribution >= 4 is 23.0 Å². The fraction of sp³-hybridized carbons (Fsp3) is 0.444. The van der Waals surface area contributed by atoms with Crippen molar-refractivity contribution in [3.05, 3.63) is 54.3 Å². The van der Waals surface area contributed by atoms with Gasteiger partial charge in [-0.15, -0.1) is 0 Å². The summed E-state index contributed by atoms with van der Waals surface area (Å²) in [5.41, 5.74) is 3.33. The molecule has 0 spiro atoms. The summed E-state index contributed by atoms with van der Waals surface area (Å²) in [6.07, 6.45) is 0.939. The smallest absolute Gasteiger partial charge is 0.290 e. The molecule has 2 rings (SSSR count). The maximum Gasteiger partial charge on any atom is 0.290 e. The lowest BCUT2D eigenvalue weighted by atomic mass is 10.0. The Morgan fingerprint density at radius 1 is 1.13 bits per heavy atom. The predicted octanol–water partition coefficient (Wildman–Crippen LogP) is 3.14. The second kappa shape index (κ2) is 6.46. The minimum Gasteiger partial charge on any atom is -0.373 e. The molecule has 0 saturated carbocycles. The van der Waals surface area contributed by atoms with Crippen LogP contribution in [0.4, 0.5) is 11.4 Å². The van der Waals surface area contributed by atoms with Gasteiger partial charge in [0.2, 0.25) is 5.69 Å². The second-order valence-corrected chi connectivity index (χ2v) is 7.09. The van der Waals surface area contributed by atoms with E-state index in [1.54, 1.807) is 0 Å². The first-order chi connectivity index (χ1) is 10.7. The maximum atomic E-state index is 12.0. The van der Waals surface area contributed by atoms with Gasteiger partial charge < -0.3 is 5.32 Å². The summed E-state index contributed by atoms with van der Waals surface area (Å²) in [7, 11) is 3.91. The highest BCUT2D eigenvalue weighted by Gasteiger charge is 2.34. The van der Waals surface area contributed by atoms with Crippen LogP contribution in [0.15, 0.2) is 21.7 Å². The minimum atomic E-state index is -0.428. The summed E-state index contributed by atoms with van der Waals surface area (Å²) in [6, 6.07) is 3.97. The van der Waals surface area contributed by atoms with E-state index in [0.29, 0.717) is 27.4 Å². The minimum absolute atomic E-state index is 0.377. The van der Waals surface area contributed by atoms with Crippen LogP contribution >= 0.6 is 11.6 Å². The molecule has 23 heavy (non-hydrogen) atoms. The first-order valence-corrected chi connectivity index (χ1v) is 8.23. The van der Waals surface area contributed by atoms with Crippen LogP contribution in [-0.2, 0) is 6.54 Å². The van der Waals surface area contributed by atoms with Gasteiger partial charge in [0.05, 0.1) is 20.6 Å². The maximum absolute atomic E-state index is 12.0. The third-order valence-electron chi connectivity index (χ3n) is 4.28. The standard InChI is InChI=1S/C18H23ClN2O2/c1-6-7-21(4,5)16-15(17(22)18(16)23)20-10-13-12(3)8-11(2)9-14(13)19/h8-9H,6-7,10H2,1-5H3/p+1. The Kier molecular flexibility index (Phi) is 4.97. The van der Waals surface area contributed by atoms with Gasteiger partial charge >= 0.3 is 0 Å². The Labute approximate surface area is 142 Å². The van der Waals surface area contributed by atoms with Crippen molar-refractivity contribution in [3.63, 3.8) is 0 Å². The summed E-state index contributed by atoms with van der Waals surface area (Å²) in [6.45, 7) is 7.30. The van der Waals surface area contributed by atoms with Gasteiger partial charge in [0.25, 0.3) is 10.9 Å². The molecule has 4 nitrogen and oxygen atoms in total. The van der Waals surface area contributed by atoms with Gasteiger partial charge in [-0.25, -0.2) is 0 Å². The molecule has 0 amide bonds. The van der Waals surface area contributed by atoms with Crippen LogP contribution in [0.3, 0.4) is 0 Å². The van der Waals surface area contributed by atoms with Crippen LogP contribution in [0.2, 0.25) is 5.02 Å². The number of hydrogen-bond donors (Lipinski definition) is 1. The number of quaternary nitrogens is 1. The fourth-order valence-corrected chi connectivity index (χ4v) is 3.53. The van der Waals surface area contributed by atoms with E-state index in [2.05, 4.69) is 18.3 Å². The summed E-state index contributed by atoms with van der Waals surface area (Å²) in [4.78, 5) is 23.9. The van der Waals surface area contributed by atoms with Crippen molar-refractivity contribution < 1.29 is 0 Å². The molecule has 0 fully saturated rings. The third kappa shape index (κ3) is 3.33. The van der Waals surface area contributed by atoms with E-state index in [4.69, 9.17) is 11.6 Å². The highest BCUT2D eigenvalue weighted by atomic mass is 35.5. The molecule has 0 bridgehead atoms. The number of benzene rings is 1. The molecule has 0 radical (unpaired) electrons. The summed E-state index contributed by atoms with van der Waals surface area (Å²) in [5, 5.41) is 3.82. The van der Waals surface area contributed by atoms with E-state index < -0.39 is 5.43 Å². The summed E-state index contributed by atoms with van der Waals surface area (Å²) < 4.78 is 0.421. The highest BCUT2D eigenvalue weighted by molar-refractivity contribution is 6.31. The fourth-order valence-electron chi connectivity index (χ4n) is 3.14. The lowest BCUT2D eigenvalue weighted by Crippen LogP contribution is -2.51. The van der Waals surface area contributed by atoms with Gasteiger partial charge in [-0.2, -0.15) is 0 Å². The van der Waals surface area contributed by atoms with Crippen molar-refractivity contribution in [2.45, 2.75) is 33.7 Å². The molecule has 0 aromatic heterocycles. The van der Waals surface area contributed by atoms with E-state index in [0.717, 1.165) is 29.7 Å². The number of aryl methyl sites for hydroxylation is 2. The molecule has 5 heteroatoms. The van der Waals surface area contributed by atoms with Crippen molar-refractivity contribution in [3.8, 4) is 0 Å². The first kappa shape index (κ1) is 17.7. The molecular formula is C18H24ClN2O2+. The lowest BCUT2D eigenvalue weighted by Gasteiger charge is -2.31. The largest absolute Gasteiger partial charge is 0.373 e. The van der Waals surface area contributed by atoms with E-state index in [-0.39, 0.29) is 5.43 Å². The molecule has 0 aliphatic carbocycles. The SMILES string of the molecule is CCC[N+](C)(C)c1c(NCc2c(C)cc(C)cc2Cl)c(=O)c1=O. The zero-order valence-electron chi connectivity index (χ0n) is 14.4. The van der Waals surface area contributed by atoms with Crippen LogP contribution in [0.25, 0.3) is 0 Å². The van der Waals surface area contributed by atoms with Crippen molar-refractivity contribution in [2.75, 3.05) is 26.0 Å². The van der Waals surface area contributed by atoms with Crippen LogP contribution in [0, 0.1) is 13.8 Å². The molecular weight excluding hydrogens is 312 g/mol. The quantitative estimate of drug-likeness (QED) is 0.651. The molecule has 2 aromatic rings. The Morgan fingerprint density at radius 3 is 2.35 bits per heavy atom. The molecule has 0 heterocycles. The molecule has 0 saturated heterocycles. The Morgan fingerprint density at radius 2 is 1.78 bits per heavy atom. The Bertz CT molecular complexity index is 779. The van der Waals surface area contributed by atoms with Crippen molar-refractivity contribution in [2.24, 2.45) is 0 Å². The Hall–Kier alpha value is -1.65. The molecule has 0 aliphatic rings. The molecule has 124 valence electrons. The second-order valence-electron chi connectivity index (χ2n) is 6.69. The number of nitrogens with one attached hydrogen (secondary N) is 1. The molecule has 0 unspecified atom stereocenters. The third-order valence-corrected chi connectivity index (χ3v) is 4.62. The van der Waals surface area contributed by atoms with Gasteiger partial charge in [-0.3, -0.25) is 14.1 Å². The topological polar surface area (TPSA) is 46.2 Å². The van der Waals surface area contributed by atoms with Crippen LogP contribution < -0.4 is 20.7 Å². The molecule has 0 atom stereocenters. The van der Waals surface area contributed by atoms with Gasteiger partial charge in [0.15, 0.2) is 5.69 Å². The van der Waals surface area contributed by atoms with Crippen molar-refractivity contribution in [1.29, 1.82) is 0 Å². The van der Waals surface area contributed by atoms with E-state index >= 15 is 0 Å². The first-order valence-electron chi connectivity index (χ1n) is 7.85. The van der Waals surface area contributed by atoms with Gasteiger partial charge in [-0.05, 0) is 43.0 Å². The number of nitrogens with zero attached hydrogens (tertiary/aromatic N) is 1. The average molecular weight is 336 g/mol. The lowest BCUT2D eigenvalue weighted by molar-refractivity contribution is 0.394. The number of hydrogen-bond acceptors (Lipinski definition) is 3. The van der Waals surface area contributed by atoms with Crippen LogP contribution in [0.1, 0.15) is 30.0 Å². The average Bonchev–Trinajstić information content (AvgIpc) is 2.43. The number of anilines is 1. The number of halogens is 1. The Balaban J connectivity index is 2.28.